The van der Waals surface area contributed by atoms with Crippen molar-refractivity contribution >= 4 is 15.9 Å². The average Bonchev–Trinajstić information content (AvgIpc) is 2.79. The van der Waals surface area contributed by atoms with Crippen LogP contribution in [-0.4, -0.2) is 25.8 Å². The molecule has 0 aromatic heterocycles. The van der Waals surface area contributed by atoms with Crippen LogP contribution in [0.1, 0.15) is 24.8 Å². The van der Waals surface area contributed by atoms with Crippen LogP contribution >= 0.6 is 15.9 Å². The summed E-state index contributed by atoms with van der Waals surface area (Å²) in [6.45, 7) is 0.882. The summed E-state index contributed by atoms with van der Waals surface area (Å²) in [6.07, 6.45) is 4.48. The molecule has 2 unspecified atom stereocenters. The first-order chi connectivity index (χ1) is 8.67. The van der Waals surface area contributed by atoms with E-state index in [1.165, 1.54) is 6.07 Å². The highest BCUT2D eigenvalue weighted by molar-refractivity contribution is 9.10. The van der Waals surface area contributed by atoms with Crippen molar-refractivity contribution in [1.29, 1.82) is 0 Å². The molecule has 1 heterocycles. The molecule has 2 nitrogen and oxygen atoms in total. The quantitative estimate of drug-likeness (QED) is 0.900. The minimum Gasteiger partial charge on any atom is -0.378 e. The van der Waals surface area contributed by atoms with Crippen LogP contribution in [0.25, 0.3) is 0 Å². The molecule has 1 aromatic carbocycles. The van der Waals surface area contributed by atoms with Crippen molar-refractivity contribution in [2.75, 3.05) is 13.7 Å². The first-order valence-electron chi connectivity index (χ1n) is 6.41. The summed E-state index contributed by atoms with van der Waals surface area (Å²) in [5, 5.41) is 3.30. The second-order valence-electron chi connectivity index (χ2n) is 4.84. The summed E-state index contributed by atoms with van der Waals surface area (Å²) in [5.74, 6) is -0.189. The molecule has 1 fully saturated rings. The maximum Gasteiger partial charge on any atom is 0.124 e. The maximum atomic E-state index is 13.3. The van der Waals surface area contributed by atoms with E-state index >= 15 is 0 Å². The van der Waals surface area contributed by atoms with Crippen molar-refractivity contribution in [3.63, 3.8) is 0 Å². The third-order valence-corrected chi connectivity index (χ3v) is 3.84. The molecule has 1 aliphatic rings. The molecule has 1 saturated heterocycles. The lowest BCUT2D eigenvalue weighted by molar-refractivity contribution is 0.0954. The maximum absolute atomic E-state index is 13.3. The van der Waals surface area contributed by atoms with Crippen LogP contribution < -0.4 is 5.32 Å². The largest absolute Gasteiger partial charge is 0.378 e. The highest BCUT2D eigenvalue weighted by atomic mass is 79.9. The lowest BCUT2D eigenvalue weighted by Crippen LogP contribution is -2.31. The Morgan fingerprint density at radius 1 is 1.50 bits per heavy atom. The molecule has 0 spiro atoms. The monoisotopic (exact) mass is 315 g/mol. The van der Waals surface area contributed by atoms with Gasteiger partial charge in [-0.05, 0) is 56.5 Å². The van der Waals surface area contributed by atoms with Gasteiger partial charge in [0.05, 0.1) is 6.10 Å². The van der Waals surface area contributed by atoms with Crippen LogP contribution in [-0.2, 0) is 11.2 Å². The molecule has 0 amide bonds. The molecular weight excluding hydrogens is 297 g/mol. The van der Waals surface area contributed by atoms with E-state index in [1.54, 1.807) is 6.07 Å². The van der Waals surface area contributed by atoms with Gasteiger partial charge in [0.25, 0.3) is 0 Å². The zero-order valence-corrected chi connectivity index (χ0v) is 12.2. The molecular formula is C14H19BrFNO. The SMILES string of the molecule is CNC(Cc1cc(F)cc(Br)c1)CC1CCCO1. The fraction of sp³-hybridized carbons (Fsp3) is 0.571. The number of nitrogens with one attached hydrogen (secondary N) is 1. The minimum absolute atomic E-state index is 0.189. The molecule has 18 heavy (non-hydrogen) atoms. The molecule has 0 aliphatic carbocycles. The van der Waals surface area contributed by atoms with Crippen LogP contribution in [0.15, 0.2) is 22.7 Å². The zero-order chi connectivity index (χ0) is 13.0. The fourth-order valence-electron chi connectivity index (χ4n) is 2.46. The summed E-state index contributed by atoms with van der Waals surface area (Å²) >= 11 is 3.33. The molecule has 1 aliphatic heterocycles. The van der Waals surface area contributed by atoms with Crippen LogP contribution in [0.5, 0.6) is 0 Å². The summed E-state index contributed by atoms with van der Waals surface area (Å²) < 4.78 is 19.8. The summed E-state index contributed by atoms with van der Waals surface area (Å²) in [4.78, 5) is 0. The molecule has 4 heteroatoms. The summed E-state index contributed by atoms with van der Waals surface area (Å²) in [7, 11) is 1.95. The Morgan fingerprint density at radius 3 is 2.94 bits per heavy atom. The molecule has 2 rings (SSSR count). The van der Waals surface area contributed by atoms with Gasteiger partial charge >= 0.3 is 0 Å². The van der Waals surface area contributed by atoms with Gasteiger partial charge in [0.15, 0.2) is 0 Å². The standard InChI is InChI=1S/C14H19BrFNO/c1-17-13(9-14-3-2-4-18-14)7-10-5-11(15)8-12(16)6-10/h5-6,8,13-14,17H,2-4,7,9H2,1H3. The minimum atomic E-state index is -0.189. The Bertz CT molecular complexity index is 373. The van der Waals surface area contributed by atoms with Gasteiger partial charge in [-0.25, -0.2) is 4.39 Å². The number of likely N-dealkylation sites (N-methyl/N-ethyl adjacent to an activating group) is 1. The topological polar surface area (TPSA) is 21.3 Å². The highest BCUT2D eigenvalue weighted by Gasteiger charge is 2.20. The normalized spacial score (nSPS) is 21.2. The van der Waals surface area contributed by atoms with Gasteiger partial charge < -0.3 is 10.1 Å². The van der Waals surface area contributed by atoms with Crippen molar-refractivity contribution in [2.24, 2.45) is 0 Å². The van der Waals surface area contributed by atoms with Crippen molar-refractivity contribution < 1.29 is 9.13 Å². The molecule has 0 bridgehead atoms. The van der Waals surface area contributed by atoms with Crippen molar-refractivity contribution in [2.45, 2.75) is 37.8 Å². The average molecular weight is 316 g/mol. The van der Waals surface area contributed by atoms with E-state index in [4.69, 9.17) is 4.74 Å². The first-order valence-corrected chi connectivity index (χ1v) is 7.20. The van der Waals surface area contributed by atoms with E-state index in [0.717, 1.165) is 42.3 Å². The Labute approximate surface area is 116 Å². The van der Waals surface area contributed by atoms with Crippen molar-refractivity contribution in [3.8, 4) is 0 Å². The van der Waals surface area contributed by atoms with Gasteiger partial charge in [-0.15, -0.1) is 0 Å². The molecule has 1 N–H and O–H groups in total. The van der Waals surface area contributed by atoms with Crippen LogP contribution in [0.3, 0.4) is 0 Å². The summed E-state index contributed by atoms with van der Waals surface area (Å²) in [5.41, 5.74) is 1.01. The van der Waals surface area contributed by atoms with E-state index in [2.05, 4.69) is 21.2 Å². The van der Waals surface area contributed by atoms with Crippen LogP contribution in [0.4, 0.5) is 4.39 Å². The van der Waals surface area contributed by atoms with Gasteiger partial charge in [-0.1, -0.05) is 15.9 Å². The second-order valence-corrected chi connectivity index (χ2v) is 5.75. The Balaban J connectivity index is 1.95. The van der Waals surface area contributed by atoms with Crippen molar-refractivity contribution in [1.82, 2.24) is 5.32 Å². The van der Waals surface area contributed by atoms with E-state index in [1.807, 2.05) is 13.1 Å². The third kappa shape index (κ3) is 4.04. The van der Waals surface area contributed by atoms with Crippen molar-refractivity contribution in [3.05, 3.63) is 34.1 Å². The lowest BCUT2D eigenvalue weighted by Gasteiger charge is -2.20. The predicted molar refractivity (Wildman–Crippen MR) is 74.2 cm³/mol. The first kappa shape index (κ1) is 14.0. The Hall–Kier alpha value is -0.450. The number of hydrogen-bond donors (Lipinski definition) is 1. The van der Waals surface area contributed by atoms with Gasteiger partial charge in [0.1, 0.15) is 5.82 Å². The van der Waals surface area contributed by atoms with E-state index in [9.17, 15) is 4.39 Å². The smallest absolute Gasteiger partial charge is 0.124 e. The van der Waals surface area contributed by atoms with Gasteiger partial charge in [0, 0.05) is 17.1 Å². The Kier molecular flexibility index (Phi) is 5.15. The van der Waals surface area contributed by atoms with E-state index in [0.29, 0.717) is 12.1 Å². The number of benzene rings is 1. The van der Waals surface area contributed by atoms with Gasteiger partial charge in [-0.2, -0.15) is 0 Å². The van der Waals surface area contributed by atoms with Crippen LogP contribution in [0, 0.1) is 5.82 Å². The second kappa shape index (κ2) is 6.64. The number of halogens is 2. The van der Waals surface area contributed by atoms with E-state index in [-0.39, 0.29) is 5.82 Å². The van der Waals surface area contributed by atoms with E-state index < -0.39 is 0 Å². The molecule has 2 atom stereocenters. The third-order valence-electron chi connectivity index (χ3n) is 3.38. The number of hydrogen-bond acceptors (Lipinski definition) is 2. The zero-order valence-electron chi connectivity index (χ0n) is 10.6. The van der Waals surface area contributed by atoms with Gasteiger partial charge in [0.2, 0.25) is 0 Å². The molecule has 0 saturated carbocycles. The number of ether oxygens (including phenoxy) is 1. The fourth-order valence-corrected chi connectivity index (χ4v) is 2.98. The van der Waals surface area contributed by atoms with Gasteiger partial charge in [-0.3, -0.25) is 0 Å². The predicted octanol–water partition coefficient (Wildman–Crippen LogP) is 3.29. The van der Waals surface area contributed by atoms with Crippen LogP contribution in [0.2, 0.25) is 0 Å². The number of rotatable bonds is 5. The molecule has 100 valence electrons. The molecule has 0 radical (unpaired) electrons. The lowest BCUT2D eigenvalue weighted by atomic mass is 9.99. The highest BCUT2D eigenvalue weighted by Crippen LogP contribution is 2.20. The Morgan fingerprint density at radius 2 is 2.33 bits per heavy atom. The summed E-state index contributed by atoms with van der Waals surface area (Å²) in [6, 6.07) is 5.40. The molecule has 1 aromatic rings.